The van der Waals surface area contributed by atoms with Gasteiger partial charge in [-0.3, -0.25) is 4.79 Å². The predicted octanol–water partition coefficient (Wildman–Crippen LogP) is 3.67. The van der Waals surface area contributed by atoms with Gasteiger partial charge >= 0.3 is 6.03 Å². The molecule has 2 aromatic carbocycles. The summed E-state index contributed by atoms with van der Waals surface area (Å²) in [6.07, 6.45) is 2.15. The molecule has 0 radical (unpaired) electrons. The molecule has 0 aromatic heterocycles. The van der Waals surface area contributed by atoms with E-state index in [1.807, 2.05) is 54.3 Å². The van der Waals surface area contributed by atoms with Crippen LogP contribution in [-0.4, -0.2) is 36.7 Å². The van der Waals surface area contributed by atoms with E-state index in [0.717, 1.165) is 41.2 Å². The second kappa shape index (κ2) is 9.07. The second-order valence-electron chi connectivity index (χ2n) is 7.90. The van der Waals surface area contributed by atoms with E-state index in [1.54, 1.807) is 0 Å². The molecule has 7 heteroatoms. The summed E-state index contributed by atoms with van der Waals surface area (Å²) in [6.45, 7) is 4.05. The smallest absolute Gasteiger partial charge is 0.321 e. The Balaban J connectivity index is 1.18. The first-order valence-corrected chi connectivity index (χ1v) is 10.3. The number of carbonyl (C=O) groups excluding carboxylic acids is 2. The molecule has 4 rings (SSSR count). The fourth-order valence-electron chi connectivity index (χ4n) is 3.77. The minimum absolute atomic E-state index is 0.0372. The number of fused-ring (bicyclic) bond motifs is 1. The third kappa shape index (κ3) is 5.03. The molecule has 0 atom stereocenters. The lowest BCUT2D eigenvalue weighted by atomic mass is 9.93. The maximum absolute atomic E-state index is 12.4. The molecular formula is C23H27N3O4. The molecule has 0 spiro atoms. The number of ether oxygens (including phenoxy) is 2. The summed E-state index contributed by atoms with van der Waals surface area (Å²) in [5.74, 6) is 1.79. The lowest BCUT2D eigenvalue weighted by Crippen LogP contribution is -2.41. The van der Waals surface area contributed by atoms with Crippen molar-refractivity contribution in [3.63, 3.8) is 0 Å². The summed E-state index contributed by atoms with van der Waals surface area (Å²) >= 11 is 0. The molecule has 0 aliphatic carbocycles. The predicted molar refractivity (Wildman–Crippen MR) is 114 cm³/mol. The Labute approximate surface area is 176 Å². The fourth-order valence-corrected chi connectivity index (χ4v) is 3.77. The van der Waals surface area contributed by atoms with Crippen molar-refractivity contribution in [3.05, 3.63) is 53.6 Å². The Hall–Kier alpha value is -3.22. The zero-order valence-corrected chi connectivity index (χ0v) is 17.1. The molecule has 158 valence electrons. The van der Waals surface area contributed by atoms with Crippen LogP contribution >= 0.6 is 0 Å². The first-order chi connectivity index (χ1) is 14.6. The van der Waals surface area contributed by atoms with Crippen LogP contribution in [0.1, 0.15) is 30.4 Å². The molecule has 0 unspecified atom stereocenters. The molecule has 30 heavy (non-hydrogen) atoms. The van der Waals surface area contributed by atoms with Crippen molar-refractivity contribution in [1.82, 2.24) is 10.2 Å². The topological polar surface area (TPSA) is 79.9 Å². The van der Waals surface area contributed by atoms with Gasteiger partial charge in [0.2, 0.25) is 12.7 Å². The number of nitrogens with zero attached hydrogens (tertiary/aromatic N) is 1. The Bertz CT molecular complexity index is 905. The summed E-state index contributed by atoms with van der Waals surface area (Å²) in [5, 5.41) is 5.92. The summed E-state index contributed by atoms with van der Waals surface area (Å²) in [4.78, 5) is 26.6. The Morgan fingerprint density at radius 2 is 1.77 bits per heavy atom. The number of urea groups is 1. The summed E-state index contributed by atoms with van der Waals surface area (Å²) < 4.78 is 10.7. The van der Waals surface area contributed by atoms with Gasteiger partial charge in [-0.15, -0.1) is 0 Å². The lowest BCUT2D eigenvalue weighted by molar-refractivity contribution is -0.122. The number of nitrogens with one attached hydrogen (secondary N) is 2. The van der Waals surface area contributed by atoms with Gasteiger partial charge in [-0.25, -0.2) is 4.79 Å². The van der Waals surface area contributed by atoms with Gasteiger partial charge in [-0.05, 0) is 55.5 Å². The third-order valence-corrected chi connectivity index (χ3v) is 5.61. The SMILES string of the molecule is Cc1ccc(NC(=O)N2CCC(CC(=O)NCc3ccc4c(c3)OCO4)CC2)cc1. The number of amides is 3. The molecule has 2 aromatic rings. The average Bonchev–Trinajstić information content (AvgIpc) is 3.22. The monoisotopic (exact) mass is 409 g/mol. The molecule has 1 fully saturated rings. The van der Waals surface area contributed by atoms with Crippen LogP contribution in [-0.2, 0) is 11.3 Å². The standard InChI is InChI=1S/C23H27N3O4/c1-16-2-5-19(6-3-16)25-23(28)26-10-8-17(9-11-26)13-22(27)24-14-18-4-7-20-21(12-18)30-15-29-20/h2-7,12,17H,8-11,13-15H2,1H3,(H,24,27)(H,25,28). The van der Waals surface area contributed by atoms with Crippen LogP contribution in [0, 0.1) is 12.8 Å². The van der Waals surface area contributed by atoms with E-state index < -0.39 is 0 Å². The summed E-state index contributed by atoms with van der Waals surface area (Å²) in [5.41, 5.74) is 2.94. The number of likely N-dealkylation sites (tertiary alicyclic amines) is 1. The van der Waals surface area contributed by atoms with Crippen molar-refractivity contribution in [2.45, 2.75) is 32.7 Å². The Kier molecular flexibility index (Phi) is 6.07. The highest BCUT2D eigenvalue weighted by molar-refractivity contribution is 5.89. The van der Waals surface area contributed by atoms with Crippen LogP contribution in [0.25, 0.3) is 0 Å². The zero-order chi connectivity index (χ0) is 20.9. The van der Waals surface area contributed by atoms with Crippen LogP contribution in [0.15, 0.2) is 42.5 Å². The molecule has 2 N–H and O–H groups in total. The molecular weight excluding hydrogens is 382 g/mol. The van der Waals surface area contributed by atoms with Gasteiger partial charge in [0.15, 0.2) is 11.5 Å². The number of aryl methyl sites for hydroxylation is 1. The first-order valence-electron chi connectivity index (χ1n) is 10.3. The molecule has 3 amide bonds. The highest BCUT2D eigenvalue weighted by Gasteiger charge is 2.24. The van der Waals surface area contributed by atoms with Gasteiger partial charge in [0.1, 0.15) is 0 Å². The van der Waals surface area contributed by atoms with Crippen molar-refractivity contribution in [2.24, 2.45) is 5.92 Å². The number of piperidine rings is 1. The van der Waals surface area contributed by atoms with E-state index >= 15 is 0 Å². The first kappa shape index (κ1) is 20.1. The van der Waals surface area contributed by atoms with Gasteiger partial charge in [0, 0.05) is 31.7 Å². The average molecular weight is 409 g/mol. The zero-order valence-electron chi connectivity index (χ0n) is 17.1. The van der Waals surface area contributed by atoms with Crippen LogP contribution in [0.5, 0.6) is 11.5 Å². The van der Waals surface area contributed by atoms with Crippen LogP contribution in [0.4, 0.5) is 10.5 Å². The number of hydrogen-bond acceptors (Lipinski definition) is 4. The minimum atomic E-state index is -0.0791. The summed E-state index contributed by atoms with van der Waals surface area (Å²) in [6, 6.07) is 13.4. The van der Waals surface area contributed by atoms with Gasteiger partial charge in [0.25, 0.3) is 0 Å². The number of anilines is 1. The Morgan fingerprint density at radius 1 is 1.03 bits per heavy atom. The van der Waals surface area contributed by atoms with Crippen molar-refractivity contribution in [2.75, 3.05) is 25.2 Å². The Morgan fingerprint density at radius 3 is 2.53 bits per heavy atom. The summed E-state index contributed by atoms with van der Waals surface area (Å²) in [7, 11) is 0. The van der Waals surface area contributed by atoms with E-state index in [1.165, 1.54) is 0 Å². The largest absolute Gasteiger partial charge is 0.454 e. The van der Waals surface area contributed by atoms with Gasteiger partial charge in [-0.1, -0.05) is 23.8 Å². The third-order valence-electron chi connectivity index (χ3n) is 5.61. The number of hydrogen-bond donors (Lipinski definition) is 2. The van der Waals surface area contributed by atoms with Gasteiger partial charge < -0.3 is 25.0 Å². The van der Waals surface area contributed by atoms with E-state index in [0.29, 0.717) is 32.0 Å². The molecule has 0 bridgehead atoms. The minimum Gasteiger partial charge on any atom is -0.454 e. The van der Waals surface area contributed by atoms with Crippen molar-refractivity contribution < 1.29 is 19.1 Å². The number of rotatable bonds is 5. The van der Waals surface area contributed by atoms with Gasteiger partial charge in [-0.2, -0.15) is 0 Å². The van der Waals surface area contributed by atoms with E-state index in [4.69, 9.17) is 9.47 Å². The maximum atomic E-state index is 12.4. The van der Waals surface area contributed by atoms with Crippen LogP contribution in [0.3, 0.4) is 0 Å². The number of carbonyl (C=O) groups is 2. The fraction of sp³-hybridized carbons (Fsp3) is 0.391. The van der Waals surface area contributed by atoms with Crippen molar-refractivity contribution >= 4 is 17.6 Å². The van der Waals surface area contributed by atoms with Crippen LogP contribution in [0.2, 0.25) is 0 Å². The maximum Gasteiger partial charge on any atom is 0.321 e. The quantitative estimate of drug-likeness (QED) is 0.790. The molecule has 2 aliphatic heterocycles. The van der Waals surface area contributed by atoms with E-state index in [9.17, 15) is 9.59 Å². The molecule has 0 saturated carbocycles. The van der Waals surface area contributed by atoms with Gasteiger partial charge in [0.05, 0.1) is 0 Å². The molecule has 1 saturated heterocycles. The van der Waals surface area contributed by atoms with E-state index in [2.05, 4.69) is 10.6 Å². The van der Waals surface area contributed by atoms with E-state index in [-0.39, 0.29) is 18.7 Å². The highest BCUT2D eigenvalue weighted by atomic mass is 16.7. The van der Waals surface area contributed by atoms with Crippen molar-refractivity contribution in [1.29, 1.82) is 0 Å². The molecule has 2 aliphatic rings. The highest BCUT2D eigenvalue weighted by Crippen LogP contribution is 2.32. The normalized spacial score (nSPS) is 15.7. The molecule has 7 nitrogen and oxygen atoms in total. The second-order valence-corrected chi connectivity index (χ2v) is 7.90. The number of benzene rings is 2. The van der Waals surface area contributed by atoms with Crippen LogP contribution < -0.4 is 20.1 Å². The lowest BCUT2D eigenvalue weighted by Gasteiger charge is -2.31. The molecule has 2 heterocycles. The van der Waals surface area contributed by atoms with Crippen molar-refractivity contribution in [3.8, 4) is 11.5 Å².